The van der Waals surface area contributed by atoms with Crippen molar-refractivity contribution in [3.8, 4) is 11.5 Å². The molecule has 2 rings (SSSR count). The van der Waals surface area contributed by atoms with E-state index in [2.05, 4.69) is 24.1 Å². The number of unbranched alkanes of at least 4 members (excludes halogenated alkanes) is 3. The van der Waals surface area contributed by atoms with Gasteiger partial charge in [-0.05, 0) is 42.9 Å². The van der Waals surface area contributed by atoms with E-state index in [0.717, 1.165) is 18.5 Å². The predicted molar refractivity (Wildman–Crippen MR) is 122 cm³/mol. The van der Waals surface area contributed by atoms with Gasteiger partial charge >= 0.3 is 0 Å². The maximum atomic E-state index is 12.7. The van der Waals surface area contributed by atoms with Crippen molar-refractivity contribution in [3.05, 3.63) is 66.7 Å². The number of thiocarbonyl (C=S) groups is 1. The second-order valence-corrected chi connectivity index (χ2v) is 6.85. The third-order valence-electron chi connectivity index (χ3n) is 4.07. The first kappa shape index (κ1) is 22.4. The summed E-state index contributed by atoms with van der Waals surface area (Å²) < 4.78 is 11.3. The van der Waals surface area contributed by atoms with Gasteiger partial charge in [-0.2, -0.15) is 0 Å². The molecule has 2 aromatic carbocycles. The van der Waals surface area contributed by atoms with Crippen molar-refractivity contribution < 1.29 is 14.3 Å². The van der Waals surface area contributed by atoms with E-state index < -0.39 is 0 Å². The lowest BCUT2D eigenvalue weighted by Gasteiger charge is -2.13. The van der Waals surface area contributed by atoms with Crippen LogP contribution in [0.15, 0.2) is 61.2 Å². The summed E-state index contributed by atoms with van der Waals surface area (Å²) >= 11 is 5.28. The molecule has 0 aliphatic rings. The Morgan fingerprint density at radius 1 is 1.10 bits per heavy atom. The van der Waals surface area contributed by atoms with Crippen LogP contribution in [0.4, 0.5) is 5.69 Å². The van der Waals surface area contributed by atoms with Gasteiger partial charge in [0, 0.05) is 11.8 Å². The molecule has 0 unspecified atom stereocenters. The van der Waals surface area contributed by atoms with Crippen molar-refractivity contribution >= 4 is 28.9 Å². The number of carbonyl (C=O) groups is 1. The molecule has 0 atom stereocenters. The molecule has 0 saturated carbocycles. The summed E-state index contributed by atoms with van der Waals surface area (Å²) in [6, 6.07) is 14.5. The van der Waals surface area contributed by atoms with Crippen LogP contribution in [-0.4, -0.2) is 24.2 Å². The molecule has 0 aromatic heterocycles. The SMILES string of the molecule is C=CCOc1cccc(NC(=S)NC(=O)c2ccccc2OCCCCCC)c1. The molecule has 2 N–H and O–H groups in total. The average Bonchev–Trinajstić information content (AvgIpc) is 2.72. The molecule has 0 heterocycles. The minimum atomic E-state index is -0.314. The highest BCUT2D eigenvalue weighted by Crippen LogP contribution is 2.19. The molecule has 0 aliphatic carbocycles. The molecule has 154 valence electrons. The molecule has 6 heteroatoms. The summed E-state index contributed by atoms with van der Waals surface area (Å²) in [6.07, 6.45) is 6.12. The van der Waals surface area contributed by atoms with Gasteiger partial charge in [0.25, 0.3) is 5.91 Å². The highest BCUT2D eigenvalue weighted by molar-refractivity contribution is 7.80. The van der Waals surface area contributed by atoms with Crippen LogP contribution >= 0.6 is 12.2 Å². The van der Waals surface area contributed by atoms with Gasteiger partial charge in [0.15, 0.2) is 5.11 Å². The van der Waals surface area contributed by atoms with Gasteiger partial charge in [0.2, 0.25) is 0 Å². The van der Waals surface area contributed by atoms with Crippen molar-refractivity contribution in [2.45, 2.75) is 32.6 Å². The van der Waals surface area contributed by atoms with Gasteiger partial charge in [-0.1, -0.05) is 57.0 Å². The molecule has 0 aliphatic heterocycles. The van der Waals surface area contributed by atoms with Gasteiger partial charge in [0.05, 0.1) is 12.2 Å². The zero-order valence-corrected chi connectivity index (χ0v) is 17.6. The minimum absolute atomic E-state index is 0.202. The highest BCUT2D eigenvalue weighted by Gasteiger charge is 2.13. The number of hydrogen-bond acceptors (Lipinski definition) is 4. The van der Waals surface area contributed by atoms with E-state index >= 15 is 0 Å². The Labute approximate surface area is 178 Å². The fraction of sp³-hybridized carbons (Fsp3) is 0.304. The Morgan fingerprint density at radius 3 is 2.72 bits per heavy atom. The second-order valence-electron chi connectivity index (χ2n) is 6.44. The molecule has 2 aromatic rings. The minimum Gasteiger partial charge on any atom is -0.493 e. The van der Waals surface area contributed by atoms with Crippen LogP contribution in [0.2, 0.25) is 0 Å². The number of nitrogens with one attached hydrogen (secondary N) is 2. The first-order valence-corrected chi connectivity index (χ1v) is 10.2. The zero-order valence-electron chi connectivity index (χ0n) is 16.8. The first-order chi connectivity index (χ1) is 14.1. The number of para-hydroxylation sites is 1. The lowest BCUT2D eigenvalue weighted by molar-refractivity contribution is 0.0973. The first-order valence-electron chi connectivity index (χ1n) is 9.82. The molecular weight excluding hydrogens is 384 g/mol. The monoisotopic (exact) mass is 412 g/mol. The van der Waals surface area contributed by atoms with E-state index in [1.807, 2.05) is 24.3 Å². The van der Waals surface area contributed by atoms with E-state index in [9.17, 15) is 4.79 Å². The second kappa shape index (κ2) is 12.6. The average molecular weight is 413 g/mol. The van der Waals surface area contributed by atoms with Crippen LogP contribution in [-0.2, 0) is 0 Å². The largest absolute Gasteiger partial charge is 0.493 e. The maximum absolute atomic E-state index is 12.7. The molecule has 0 radical (unpaired) electrons. The lowest BCUT2D eigenvalue weighted by Crippen LogP contribution is -2.34. The Morgan fingerprint density at radius 2 is 1.93 bits per heavy atom. The van der Waals surface area contributed by atoms with Crippen molar-refractivity contribution in [1.29, 1.82) is 0 Å². The van der Waals surface area contributed by atoms with E-state index in [-0.39, 0.29) is 11.0 Å². The van der Waals surface area contributed by atoms with Gasteiger partial charge < -0.3 is 14.8 Å². The third-order valence-corrected chi connectivity index (χ3v) is 4.28. The molecule has 0 bridgehead atoms. The maximum Gasteiger partial charge on any atom is 0.261 e. The Balaban J connectivity index is 1.92. The number of anilines is 1. The fourth-order valence-corrected chi connectivity index (χ4v) is 2.85. The van der Waals surface area contributed by atoms with Crippen LogP contribution in [0, 0.1) is 0 Å². The standard InChI is InChI=1S/C23H28N2O3S/c1-3-5-6-9-16-28-21-14-8-7-13-20(21)22(26)25-23(29)24-18-11-10-12-19(17-18)27-15-4-2/h4,7-8,10-14,17H,2-3,5-6,9,15-16H2,1H3,(H2,24,25,26,29). The number of hydrogen-bond donors (Lipinski definition) is 2. The summed E-state index contributed by atoms with van der Waals surface area (Å²) in [4.78, 5) is 12.7. The smallest absolute Gasteiger partial charge is 0.261 e. The number of rotatable bonds is 11. The summed E-state index contributed by atoms with van der Waals surface area (Å²) in [7, 11) is 0. The zero-order chi connectivity index (χ0) is 20.9. The Hall–Kier alpha value is -2.86. The normalized spacial score (nSPS) is 10.1. The van der Waals surface area contributed by atoms with Crippen LogP contribution in [0.5, 0.6) is 11.5 Å². The molecule has 0 fully saturated rings. The lowest BCUT2D eigenvalue weighted by atomic mass is 10.2. The van der Waals surface area contributed by atoms with E-state index in [4.69, 9.17) is 21.7 Å². The Bertz CT molecular complexity index is 823. The number of ether oxygens (including phenoxy) is 2. The van der Waals surface area contributed by atoms with Gasteiger partial charge in [-0.25, -0.2) is 0 Å². The summed E-state index contributed by atoms with van der Waals surface area (Å²) in [5.74, 6) is 0.931. The number of benzene rings is 2. The molecule has 0 saturated heterocycles. The summed E-state index contributed by atoms with van der Waals surface area (Å²) in [5, 5.41) is 5.90. The number of carbonyl (C=O) groups excluding carboxylic acids is 1. The highest BCUT2D eigenvalue weighted by atomic mass is 32.1. The van der Waals surface area contributed by atoms with Crippen molar-refractivity contribution in [2.24, 2.45) is 0 Å². The van der Waals surface area contributed by atoms with Crippen LogP contribution in [0.3, 0.4) is 0 Å². The van der Waals surface area contributed by atoms with E-state index in [0.29, 0.717) is 30.3 Å². The molecule has 29 heavy (non-hydrogen) atoms. The van der Waals surface area contributed by atoms with Crippen LogP contribution in [0.1, 0.15) is 43.0 Å². The summed E-state index contributed by atoms with van der Waals surface area (Å²) in [6.45, 7) is 6.80. The molecular formula is C23H28N2O3S. The molecule has 0 spiro atoms. The molecule has 1 amide bonds. The van der Waals surface area contributed by atoms with Crippen LogP contribution < -0.4 is 20.1 Å². The van der Waals surface area contributed by atoms with Crippen molar-refractivity contribution in [3.63, 3.8) is 0 Å². The van der Waals surface area contributed by atoms with E-state index in [1.165, 1.54) is 12.8 Å². The quantitative estimate of drug-likeness (QED) is 0.296. The van der Waals surface area contributed by atoms with Crippen molar-refractivity contribution in [2.75, 3.05) is 18.5 Å². The van der Waals surface area contributed by atoms with Crippen molar-refractivity contribution in [1.82, 2.24) is 5.32 Å². The number of amides is 1. The third kappa shape index (κ3) is 7.95. The Kier molecular flexibility index (Phi) is 9.72. The van der Waals surface area contributed by atoms with Crippen LogP contribution in [0.25, 0.3) is 0 Å². The predicted octanol–water partition coefficient (Wildman–Crippen LogP) is 5.34. The van der Waals surface area contributed by atoms with Gasteiger partial charge in [-0.15, -0.1) is 0 Å². The van der Waals surface area contributed by atoms with Gasteiger partial charge in [0.1, 0.15) is 18.1 Å². The topological polar surface area (TPSA) is 59.6 Å². The molecule has 5 nitrogen and oxygen atoms in total. The fourth-order valence-electron chi connectivity index (χ4n) is 2.64. The summed E-state index contributed by atoms with van der Waals surface area (Å²) in [5.41, 5.74) is 1.17. The van der Waals surface area contributed by atoms with Gasteiger partial charge in [-0.3, -0.25) is 10.1 Å². The van der Waals surface area contributed by atoms with E-state index in [1.54, 1.807) is 30.3 Å².